The first-order chi connectivity index (χ1) is 3.41. The van der Waals surface area contributed by atoms with E-state index in [0.717, 1.165) is 0 Å². The van der Waals surface area contributed by atoms with Gasteiger partial charge in [0.2, 0.25) is 8.14 Å². The van der Waals surface area contributed by atoms with E-state index in [4.69, 9.17) is 66.5 Å². The lowest BCUT2D eigenvalue weighted by Crippen LogP contribution is -1.91. The largest absolute Gasteiger partial charge is 0.440 e. The molecule has 0 amide bonds. The van der Waals surface area contributed by atoms with Crippen LogP contribution in [0.5, 0.6) is 0 Å². The Morgan fingerprint density at radius 3 is 0.875 bits per heavy atom. The van der Waals surface area contributed by atoms with E-state index in [-0.39, 0.29) is 0 Å². The summed E-state index contributed by atoms with van der Waals surface area (Å²) in [6.07, 6.45) is 0. The van der Waals surface area contributed by atoms with Gasteiger partial charge in [0.15, 0.2) is 0 Å². The van der Waals surface area contributed by atoms with E-state index in [0.29, 0.717) is 0 Å². The molecule has 0 saturated heterocycles. The predicted octanol–water partition coefficient (Wildman–Crippen LogP) is 2.84. The highest BCUT2D eigenvalue weighted by molar-refractivity contribution is 7.81. The maximum absolute atomic E-state index is 4.97. The summed E-state index contributed by atoms with van der Waals surface area (Å²) in [6, 6.07) is 0. The summed E-state index contributed by atoms with van der Waals surface area (Å²) in [6.45, 7) is 0. The van der Waals surface area contributed by atoms with Crippen LogP contribution in [-0.2, 0) is 0 Å². The molecule has 8 heteroatoms. The van der Waals surface area contributed by atoms with Gasteiger partial charge in [0.25, 0.3) is 0 Å². The summed E-state index contributed by atoms with van der Waals surface area (Å²) < 4.78 is 0. The molecule has 0 aromatic rings. The molecule has 0 nitrogen and oxygen atoms in total. The van der Waals surface area contributed by atoms with Gasteiger partial charge >= 0.3 is 5.31 Å². The van der Waals surface area contributed by atoms with Gasteiger partial charge in [-0.3, -0.25) is 0 Å². The molecular weight excluding hydrogens is 269 g/mol. The SMILES string of the molecule is Cl[SiH2]Cl.Cl[Si](Cl)(Cl)Cl. The Morgan fingerprint density at radius 1 is 0.875 bits per heavy atom. The minimum atomic E-state index is -2.72. The van der Waals surface area contributed by atoms with E-state index in [1.165, 1.54) is 0 Å². The lowest BCUT2D eigenvalue weighted by Gasteiger charge is -1.85. The smallest absolute Gasteiger partial charge is 0.155 e. The minimum Gasteiger partial charge on any atom is -0.155 e. The van der Waals surface area contributed by atoms with Crippen LogP contribution in [0, 0.1) is 0 Å². The third-order valence-corrected chi connectivity index (χ3v) is 0. The van der Waals surface area contributed by atoms with Crippen molar-refractivity contribution in [1.82, 2.24) is 0 Å². The van der Waals surface area contributed by atoms with Crippen LogP contribution in [0.2, 0.25) is 0 Å². The molecule has 0 radical (unpaired) electrons. The quantitative estimate of drug-likeness (QED) is 0.469. The molecular formula is H2Cl6Si2. The van der Waals surface area contributed by atoms with Crippen molar-refractivity contribution in [3.8, 4) is 0 Å². The molecule has 0 rings (SSSR count). The fourth-order valence-corrected chi connectivity index (χ4v) is 0. The van der Waals surface area contributed by atoms with Crippen LogP contribution in [0.1, 0.15) is 0 Å². The van der Waals surface area contributed by atoms with Crippen LogP contribution in [0.25, 0.3) is 0 Å². The maximum atomic E-state index is 4.97. The van der Waals surface area contributed by atoms with Gasteiger partial charge in [-0.15, -0.1) is 44.3 Å². The van der Waals surface area contributed by atoms with Gasteiger partial charge in [-0.25, -0.2) is 0 Å². The van der Waals surface area contributed by atoms with Crippen molar-refractivity contribution in [2.45, 2.75) is 0 Å². The van der Waals surface area contributed by atoms with Crippen LogP contribution in [0.3, 0.4) is 0 Å². The Labute approximate surface area is 79.4 Å². The first-order valence-electron chi connectivity index (χ1n) is 1.29. The Morgan fingerprint density at radius 2 is 0.875 bits per heavy atom. The number of hydrogen-bond acceptors (Lipinski definition) is 0. The Bertz CT molecular complexity index is 30.3. The first kappa shape index (κ1) is 12.8. The maximum Gasteiger partial charge on any atom is 0.440 e. The Kier molecular flexibility index (Phi) is 11.7. The third-order valence-electron chi connectivity index (χ3n) is 0. The van der Waals surface area contributed by atoms with Crippen molar-refractivity contribution in [3.63, 3.8) is 0 Å². The fourth-order valence-electron chi connectivity index (χ4n) is 0. The van der Waals surface area contributed by atoms with Crippen LogP contribution < -0.4 is 0 Å². The molecule has 0 N–H and O–H groups in total. The van der Waals surface area contributed by atoms with E-state index in [2.05, 4.69) is 0 Å². The summed E-state index contributed by atoms with van der Waals surface area (Å²) >= 11 is 29.7. The second-order valence-electron chi connectivity index (χ2n) is 0.530. The summed E-state index contributed by atoms with van der Waals surface area (Å²) in [5, 5.41) is -2.72. The van der Waals surface area contributed by atoms with Crippen LogP contribution in [-0.4, -0.2) is 13.5 Å². The summed E-state index contributed by atoms with van der Waals surface area (Å²) in [4.78, 5) is 0. The van der Waals surface area contributed by atoms with Gasteiger partial charge in [-0.1, -0.05) is 0 Å². The van der Waals surface area contributed by atoms with Crippen molar-refractivity contribution in [1.29, 1.82) is 0 Å². The predicted molar refractivity (Wildman–Crippen MR) is 49.4 cm³/mol. The summed E-state index contributed by atoms with van der Waals surface area (Å²) in [7, 11) is -0.639. The van der Waals surface area contributed by atoms with Gasteiger partial charge in [0, 0.05) is 0 Å². The van der Waals surface area contributed by atoms with Crippen LogP contribution in [0.4, 0.5) is 0 Å². The van der Waals surface area contributed by atoms with E-state index in [9.17, 15) is 0 Å². The number of halogens is 6. The second kappa shape index (κ2) is 7.28. The molecule has 0 unspecified atom stereocenters. The van der Waals surface area contributed by atoms with Crippen molar-refractivity contribution in [2.24, 2.45) is 0 Å². The highest BCUT2D eigenvalue weighted by Crippen LogP contribution is 2.23. The van der Waals surface area contributed by atoms with Crippen LogP contribution >= 0.6 is 66.5 Å². The molecule has 0 aliphatic rings. The van der Waals surface area contributed by atoms with Crippen molar-refractivity contribution in [2.75, 3.05) is 0 Å². The minimum absolute atomic E-state index is 0.639. The molecule has 0 aromatic heterocycles. The van der Waals surface area contributed by atoms with Crippen LogP contribution in [0.15, 0.2) is 0 Å². The molecule has 0 aromatic carbocycles. The second-order valence-corrected chi connectivity index (χ2v) is 14.3. The molecule has 0 heterocycles. The zero-order valence-electron chi connectivity index (χ0n) is 3.47. The van der Waals surface area contributed by atoms with Gasteiger partial charge in [-0.2, -0.15) is 22.2 Å². The fraction of sp³-hybridized carbons (Fsp3) is 0. The molecule has 0 atom stereocenters. The van der Waals surface area contributed by atoms with Crippen molar-refractivity contribution in [3.05, 3.63) is 0 Å². The van der Waals surface area contributed by atoms with Gasteiger partial charge < -0.3 is 0 Å². The Balaban J connectivity index is 0. The molecule has 0 bridgehead atoms. The highest BCUT2D eigenvalue weighted by Gasteiger charge is 2.19. The average Bonchev–Trinajstić information content (AvgIpc) is 1.27. The van der Waals surface area contributed by atoms with Gasteiger partial charge in [0.1, 0.15) is 0 Å². The normalized spacial score (nSPS) is 9.75. The molecule has 0 saturated carbocycles. The van der Waals surface area contributed by atoms with Gasteiger partial charge in [0.05, 0.1) is 0 Å². The lowest BCUT2D eigenvalue weighted by molar-refractivity contribution is 3.80. The number of hydrogen-bond donors (Lipinski definition) is 0. The lowest BCUT2D eigenvalue weighted by atomic mass is 27.6. The third kappa shape index (κ3) is 89.0. The molecule has 0 aliphatic heterocycles. The summed E-state index contributed by atoms with van der Waals surface area (Å²) in [5.74, 6) is 0. The number of rotatable bonds is 0. The van der Waals surface area contributed by atoms with Gasteiger partial charge in [-0.05, 0) is 0 Å². The monoisotopic (exact) mass is 268 g/mol. The van der Waals surface area contributed by atoms with E-state index < -0.39 is 13.5 Å². The Hall–Kier alpha value is 2.17. The molecule has 0 fully saturated rings. The van der Waals surface area contributed by atoms with Crippen molar-refractivity contribution >= 4 is 79.9 Å². The highest BCUT2D eigenvalue weighted by atomic mass is 36.0. The molecule has 0 spiro atoms. The summed E-state index contributed by atoms with van der Waals surface area (Å²) in [5.41, 5.74) is 0. The van der Waals surface area contributed by atoms with E-state index in [1.54, 1.807) is 0 Å². The van der Waals surface area contributed by atoms with Crippen molar-refractivity contribution < 1.29 is 0 Å². The standard InChI is InChI=1S/Cl4Si.Cl2H2Si/c1-5(2,3)4;1-3-2/h;3H2. The molecule has 0 aliphatic carbocycles. The molecule has 8 heavy (non-hydrogen) atoms. The zero-order chi connectivity index (χ0) is 7.21. The average molecular weight is 271 g/mol. The topological polar surface area (TPSA) is 0 Å². The first-order valence-corrected chi connectivity index (χ1v) is 11.6. The van der Waals surface area contributed by atoms with E-state index >= 15 is 0 Å². The molecule has 52 valence electrons. The van der Waals surface area contributed by atoms with E-state index in [1.807, 2.05) is 0 Å². The zero-order valence-corrected chi connectivity index (χ0v) is 10.4.